The third kappa shape index (κ3) is 2.74. The average molecular weight is 396 g/mol. The van der Waals surface area contributed by atoms with Gasteiger partial charge in [-0.15, -0.1) is 0 Å². The molecule has 0 spiro atoms. The van der Waals surface area contributed by atoms with Gasteiger partial charge in [0.1, 0.15) is 11.5 Å². The first kappa shape index (κ1) is 18.6. The molecule has 0 bridgehead atoms. The standard InChI is InChI=1S/C26H24N2O2/c1-26(2)19-13-18(17-7-4-6-16(12-17)14-27)10-11-21(19)28-25-20(26)15-30-23-9-5-8-22(29-3)24(23)25/h4-13,20,25,28H,15H2,1-3H3/t20-,25-/m0/s1. The molecule has 0 aliphatic carbocycles. The zero-order chi connectivity index (χ0) is 20.9. The predicted octanol–water partition coefficient (Wildman–Crippen LogP) is 5.69. The molecule has 2 aliphatic heterocycles. The van der Waals surface area contributed by atoms with Gasteiger partial charge in [0, 0.05) is 17.0 Å². The molecule has 0 unspecified atom stereocenters. The summed E-state index contributed by atoms with van der Waals surface area (Å²) >= 11 is 0. The minimum Gasteiger partial charge on any atom is -0.496 e. The quantitative estimate of drug-likeness (QED) is 0.605. The van der Waals surface area contributed by atoms with Crippen LogP contribution in [0.2, 0.25) is 0 Å². The minimum atomic E-state index is -0.105. The van der Waals surface area contributed by atoms with Crippen LogP contribution < -0.4 is 14.8 Å². The molecule has 5 rings (SSSR count). The number of hydrogen-bond acceptors (Lipinski definition) is 4. The molecule has 2 atom stereocenters. The number of nitrogens with one attached hydrogen (secondary N) is 1. The van der Waals surface area contributed by atoms with E-state index in [-0.39, 0.29) is 17.4 Å². The molecule has 1 N–H and O–H groups in total. The van der Waals surface area contributed by atoms with Crippen molar-refractivity contribution < 1.29 is 9.47 Å². The van der Waals surface area contributed by atoms with Crippen molar-refractivity contribution in [2.24, 2.45) is 5.92 Å². The van der Waals surface area contributed by atoms with Crippen molar-refractivity contribution in [1.29, 1.82) is 5.26 Å². The van der Waals surface area contributed by atoms with Crippen molar-refractivity contribution in [3.63, 3.8) is 0 Å². The monoisotopic (exact) mass is 396 g/mol. The van der Waals surface area contributed by atoms with Gasteiger partial charge in [0.15, 0.2) is 0 Å². The first-order chi connectivity index (χ1) is 14.5. The molecular formula is C26H24N2O2. The van der Waals surface area contributed by atoms with E-state index in [0.717, 1.165) is 33.9 Å². The highest BCUT2D eigenvalue weighted by Gasteiger charge is 2.47. The van der Waals surface area contributed by atoms with E-state index in [4.69, 9.17) is 9.47 Å². The van der Waals surface area contributed by atoms with Crippen LogP contribution in [0.5, 0.6) is 11.5 Å². The second-order valence-electron chi connectivity index (χ2n) is 8.59. The number of rotatable bonds is 2. The molecule has 3 aromatic carbocycles. The first-order valence-electron chi connectivity index (χ1n) is 10.2. The molecule has 0 saturated carbocycles. The number of hydrogen-bond donors (Lipinski definition) is 1. The van der Waals surface area contributed by atoms with Gasteiger partial charge in [-0.3, -0.25) is 0 Å². The SMILES string of the molecule is COc1cccc2c1[C@H]1Nc3ccc(-c4cccc(C#N)c4)cc3C(C)(C)[C@H]1CO2. The molecule has 150 valence electrons. The molecule has 4 heteroatoms. The van der Waals surface area contributed by atoms with E-state index < -0.39 is 0 Å². The van der Waals surface area contributed by atoms with Gasteiger partial charge < -0.3 is 14.8 Å². The van der Waals surface area contributed by atoms with Crippen molar-refractivity contribution in [3.05, 3.63) is 77.4 Å². The normalized spacial score (nSPS) is 20.5. The molecule has 0 saturated heterocycles. The predicted molar refractivity (Wildman–Crippen MR) is 118 cm³/mol. The summed E-state index contributed by atoms with van der Waals surface area (Å²) in [7, 11) is 1.71. The molecular weight excluding hydrogens is 372 g/mol. The van der Waals surface area contributed by atoms with Gasteiger partial charge in [-0.1, -0.05) is 38.1 Å². The Bertz CT molecular complexity index is 1160. The fourth-order valence-electron chi connectivity index (χ4n) is 4.93. The minimum absolute atomic E-state index is 0.105. The second-order valence-corrected chi connectivity index (χ2v) is 8.59. The number of fused-ring (bicyclic) bond motifs is 4. The summed E-state index contributed by atoms with van der Waals surface area (Å²) in [6, 6.07) is 22.7. The molecule has 2 heterocycles. The molecule has 3 aromatic rings. The van der Waals surface area contributed by atoms with E-state index in [2.05, 4.69) is 49.5 Å². The van der Waals surface area contributed by atoms with Crippen molar-refractivity contribution in [2.45, 2.75) is 25.3 Å². The molecule has 2 aliphatic rings. The number of ether oxygens (including phenoxy) is 2. The van der Waals surface area contributed by atoms with Gasteiger partial charge in [0.2, 0.25) is 0 Å². The van der Waals surface area contributed by atoms with Gasteiger partial charge in [-0.2, -0.15) is 5.26 Å². The molecule has 0 amide bonds. The average Bonchev–Trinajstić information content (AvgIpc) is 2.78. The highest BCUT2D eigenvalue weighted by molar-refractivity contribution is 5.72. The van der Waals surface area contributed by atoms with Crippen LogP contribution in [0.3, 0.4) is 0 Å². The van der Waals surface area contributed by atoms with E-state index in [0.29, 0.717) is 12.2 Å². The van der Waals surface area contributed by atoms with Crippen LogP contribution >= 0.6 is 0 Å². The second kappa shape index (κ2) is 6.81. The Morgan fingerprint density at radius 2 is 1.87 bits per heavy atom. The fourth-order valence-corrected chi connectivity index (χ4v) is 4.93. The Labute approximate surface area is 177 Å². The largest absolute Gasteiger partial charge is 0.496 e. The van der Waals surface area contributed by atoms with E-state index >= 15 is 0 Å². The van der Waals surface area contributed by atoms with Gasteiger partial charge in [-0.25, -0.2) is 0 Å². The third-order valence-electron chi connectivity index (χ3n) is 6.65. The Kier molecular flexibility index (Phi) is 4.22. The van der Waals surface area contributed by atoms with Crippen LogP contribution in [-0.4, -0.2) is 13.7 Å². The number of nitrogens with zero attached hydrogens (tertiary/aromatic N) is 1. The highest BCUT2D eigenvalue weighted by Crippen LogP contribution is 2.54. The molecule has 0 radical (unpaired) electrons. The van der Waals surface area contributed by atoms with Crippen LogP contribution in [0.1, 0.15) is 36.6 Å². The zero-order valence-electron chi connectivity index (χ0n) is 17.4. The lowest BCUT2D eigenvalue weighted by Crippen LogP contribution is -2.46. The summed E-state index contributed by atoms with van der Waals surface area (Å²) in [5.74, 6) is 2.01. The van der Waals surface area contributed by atoms with Gasteiger partial charge in [0.05, 0.1) is 37.0 Å². The van der Waals surface area contributed by atoms with Crippen molar-refractivity contribution in [3.8, 4) is 28.7 Å². The molecule has 0 fully saturated rings. The Morgan fingerprint density at radius 3 is 2.67 bits per heavy atom. The summed E-state index contributed by atoms with van der Waals surface area (Å²) in [5.41, 5.74) is 6.25. The fraction of sp³-hybridized carbons (Fsp3) is 0.269. The topological polar surface area (TPSA) is 54.3 Å². The van der Waals surface area contributed by atoms with Gasteiger partial charge >= 0.3 is 0 Å². The summed E-state index contributed by atoms with van der Waals surface area (Å²) in [5, 5.41) is 13.0. The van der Waals surface area contributed by atoms with Crippen LogP contribution in [0.25, 0.3) is 11.1 Å². The van der Waals surface area contributed by atoms with Crippen molar-refractivity contribution in [1.82, 2.24) is 0 Å². The Morgan fingerprint density at radius 1 is 1.07 bits per heavy atom. The number of methoxy groups -OCH3 is 1. The summed E-state index contributed by atoms with van der Waals surface area (Å²) in [6.07, 6.45) is 0. The van der Waals surface area contributed by atoms with E-state index in [1.54, 1.807) is 7.11 Å². The maximum atomic E-state index is 9.25. The van der Waals surface area contributed by atoms with Gasteiger partial charge in [0.25, 0.3) is 0 Å². The van der Waals surface area contributed by atoms with E-state index in [1.807, 2.05) is 36.4 Å². The molecule has 0 aromatic heterocycles. The van der Waals surface area contributed by atoms with E-state index in [1.165, 1.54) is 5.56 Å². The van der Waals surface area contributed by atoms with Crippen LogP contribution in [0.15, 0.2) is 60.7 Å². The molecule has 4 nitrogen and oxygen atoms in total. The smallest absolute Gasteiger partial charge is 0.128 e. The number of nitriles is 1. The van der Waals surface area contributed by atoms with Crippen LogP contribution in [0.4, 0.5) is 5.69 Å². The summed E-state index contributed by atoms with van der Waals surface area (Å²) in [6.45, 7) is 5.24. The van der Waals surface area contributed by atoms with Crippen LogP contribution in [-0.2, 0) is 5.41 Å². The third-order valence-corrected chi connectivity index (χ3v) is 6.65. The maximum absolute atomic E-state index is 9.25. The highest BCUT2D eigenvalue weighted by atomic mass is 16.5. The maximum Gasteiger partial charge on any atom is 0.128 e. The Balaban J connectivity index is 1.62. The lowest BCUT2D eigenvalue weighted by molar-refractivity contribution is 0.133. The zero-order valence-corrected chi connectivity index (χ0v) is 17.4. The first-order valence-corrected chi connectivity index (χ1v) is 10.2. The van der Waals surface area contributed by atoms with Crippen molar-refractivity contribution >= 4 is 5.69 Å². The number of benzene rings is 3. The van der Waals surface area contributed by atoms with Crippen molar-refractivity contribution in [2.75, 3.05) is 19.0 Å². The Hall–Kier alpha value is -3.45. The van der Waals surface area contributed by atoms with Crippen LogP contribution in [0, 0.1) is 17.2 Å². The lowest BCUT2D eigenvalue weighted by Gasteiger charge is -2.48. The molecule has 30 heavy (non-hydrogen) atoms. The summed E-state index contributed by atoms with van der Waals surface area (Å²) in [4.78, 5) is 0. The number of anilines is 1. The van der Waals surface area contributed by atoms with E-state index in [9.17, 15) is 5.26 Å². The van der Waals surface area contributed by atoms with Gasteiger partial charge in [-0.05, 0) is 53.1 Å². The lowest BCUT2D eigenvalue weighted by atomic mass is 9.65. The summed E-state index contributed by atoms with van der Waals surface area (Å²) < 4.78 is 11.8.